The predicted molar refractivity (Wildman–Crippen MR) is 163 cm³/mol. The molecule has 0 aliphatic carbocycles. The molecule has 3 aromatic rings. The van der Waals surface area contributed by atoms with Crippen LogP contribution >= 0.6 is 23.2 Å². The van der Waals surface area contributed by atoms with Crippen LogP contribution in [0.15, 0.2) is 71.6 Å². The summed E-state index contributed by atoms with van der Waals surface area (Å²) in [5.41, 5.74) is 1.74. The van der Waals surface area contributed by atoms with Gasteiger partial charge in [0.05, 0.1) is 17.7 Å². The number of sulfonamides is 1. The minimum absolute atomic E-state index is 0.0199. The first-order chi connectivity index (χ1) is 19.5. The number of nitrogens with zero attached hydrogens (tertiary/aromatic N) is 2. The lowest BCUT2D eigenvalue weighted by atomic mass is 10.1. The molecule has 0 saturated carbocycles. The zero-order chi connectivity index (χ0) is 30.2. The molecule has 0 aliphatic heterocycles. The predicted octanol–water partition coefficient (Wildman–Crippen LogP) is 5.84. The highest BCUT2D eigenvalue weighted by molar-refractivity contribution is 7.92. The van der Waals surface area contributed by atoms with E-state index in [2.05, 4.69) is 5.32 Å². The van der Waals surface area contributed by atoms with E-state index >= 15 is 0 Å². The second-order valence-corrected chi connectivity index (χ2v) is 12.2. The first-order valence-electron chi connectivity index (χ1n) is 13.3. The number of hydrogen-bond donors (Lipinski definition) is 1. The zero-order valence-corrected chi connectivity index (χ0v) is 25.9. The SMILES string of the molecule is CCCNC(=O)C(CC)N(Cc1ccc(Cl)cc1Cl)C(=O)CN(c1ccc(OC)cc1)S(=O)(=O)c1ccc(C)cc1. The second kappa shape index (κ2) is 14.6. The lowest BCUT2D eigenvalue weighted by Crippen LogP contribution is -2.52. The minimum Gasteiger partial charge on any atom is -0.497 e. The van der Waals surface area contributed by atoms with Crippen molar-refractivity contribution in [2.75, 3.05) is 24.5 Å². The van der Waals surface area contributed by atoms with Gasteiger partial charge >= 0.3 is 0 Å². The topological polar surface area (TPSA) is 96.0 Å². The Kier molecular flexibility index (Phi) is 11.5. The molecule has 8 nitrogen and oxygen atoms in total. The molecule has 0 spiro atoms. The van der Waals surface area contributed by atoms with E-state index in [9.17, 15) is 18.0 Å². The third kappa shape index (κ3) is 8.15. The number of methoxy groups -OCH3 is 1. The van der Waals surface area contributed by atoms with Gasteiger partial charge in [0.2, 0.25) is 11.8 Å². The Bertz CT molecular complexity index is 1450. The molecule has 0 fully saturated rings. The number of halogens is 2. The standard InChI is InChI=1S/C30H35Cl2N3O5S/c1-5-17-33-30(37)28(6-2)34(19-22-9-10-23(31)18-27(22)32)29(36)20-35(24-11-13-25(40-4)14-12-24)41(38,39)26-15-7-21(3)8-16-26/h7-16,18,28H,5-6,17,19-20H2,1-4H3,(H,33,37). The molecule has 1 unspecified atom stereocenters. The number of anilines is 1. The Balaban J connectivity index is 2.07. The second-order valence-electron chi connectivity index (χ2n) is 9.50. The van der Waals surface area contributed by atoms with Crippen molar-refractivity contribution in [1.29, 1.82) is 0 Å². The van der Waals surface area contributed by atoms with E-state index in [0.717, 1.165) is 16.3 Å². The molecule has 3 rings (SSSR count). The lowest BCUT2D eigenvalue weighted by Gasteiger charge is -2.33. The van der Waals surface area contributed by atoms with Crippen LogP contribution in [0.5, 0.6) is 5.75 Å². The average molecular weight is 621 g/mol. The monoisotopic (exact) mass is 619 g/mol. The van der Waals surface area contributed by atoms with Crippen LogP contribution in [0, 0.1) is 6.92 Å². The van der Waals surface area contributed by atoms with Crippen molar-refractivity contribution in [2.24, 2.45) is 0 Å². The van der Waals surface area contributed by atoms with Crippen LogP contribution in [-0.2, 0) is 26.2 Å². The molecule has 0 bridgehead atoms. The summed E-state index contributed by atoms with van der Waals surface area (Å²) in [4.78, 5) is 28.7. The summed E-state index contributed by atoms with van der Waals surface area (Å²) in [7, 11) is -2.66. The number of rotatable bonds is 13. The molecule has 1 N–H and O–H groups in total. The summed E-state index contributed by atoms with van der Waals surface area (Å²) >= 11 is 12.5. The molecule has 0 heterocycles. The number of carbonyl (C=O) groups is 2. The van der Waals surface area contributed by atoms with Crippen molar-refractivity contribution in [3.8, 4) is 5.75 Å². The van der Waals surface area contributed by atoms with Crippen molar-refractivity contribution in [3.05, 3.63) is 87.9 Å². The molecular weight excluding hydrogens is 585 g/mol. The highest BCUT2D eigenvalue weighted by atomic mass is 35.5. The van der Waals surface area contributed by atoms with Gasteiger partial charge in [0.1, 0.15) is 18.3 Å². The zero-order valence-electron chi connectivity index (χ0n) is 23.6. The average Bonchev–Trinajstić information content (AvgIpc) is 2.95. The van der Waals surface area contributed by atoms with Crippen LogP contribution < -0.4 is 14.4 Å². The number of carbonyl (C=O) groups excluding carboxylic acids is 2. The van der Waals surface area contributed by atoms with Crippen LogP contribution in [0.4, 0.5) is 5.69 Å². The summed E-state index contributed by atoms with van der Waals surface area (Å²) in [6.45, 7) is 5.46. The van der Waals surface area contributed by atoms with Crippen molar-refractivity contribution >= 4 is 50.7 Å². The van der Waals surface area contributed by atoms with Crippen LogP contribution in [0.3, 0.4) is 0 Å². The Hall–Kier alpha value is -3.27. The number of ether oxygens (including phenoxy) is 1. The smallest absolute Gasteiger partial charge is 0.264 e. The highest BCUT2D eigenvalue weighted by Crippen LogP contribution is 2.28. The van der Waals surface area contributed by atoms with Crippen molar-refractivity contribution in [3.63, 3.8) is 0 Å². The van der Waals surface area contributed by atoms with Crippen LogP contribution in [0.1, 0.15) is 37.8 Å². The van der Waals surface area contributed by atoms with E-state index in [-0.39, 0.29) is 23.0 Å². The number of nitrogens with one attached hydrogen (secondary N) is 1. The van der Waals surface area contributed by atoms with Gasteiger partial charge in [-0.3, -0.25) is 13.9 Å². The molecule has 0 aliphatic rings. The van der Waals surface area contributed by atoms with Gasteiger partial charge in [0.15, 0.2) is 0 Å². The van der Waals surface area contributed by atoms with Crippen LogP contribution in [0.25, 0.3) is 0 Å². The van der Waals surface area contributed by atoms with E-state index in [1.54, 1.807) is 61.5 Å². The molecule has 2 amide bonds. The minimum atomic E-state index is -4.17. The number of hydrogen-bond acceptors (Lipinski definition) is 5. The quantitative estimate of drug-likeness (QED) is 0.259. The molecule has 220 valence electrons. The fraction of sp³-hybridized carbons (Fsp3) is 0.333. The van der Waals surface area contributed by atoms with Crippen molar-refractivity contribution in [2.45, 2.75) is 51.1 Å². The molecular formula is C30H35Cl2N3O5S. The van der Waals surface area contributed by atoms with Crippen LogP contribution in [0.2, 0.25) is 10.0 Å². The lowest BCUT2D eigenvalue weighted by molar-refractivity contribution is -0.140. The maximum absolute atomic E-state index is 14.1. The van der Waals surface area contributed by atoms with Gasteiger partial charge in [-0.25, -0.2) is 8.42 Å². The first kappa shape index (κ1) is 32.2. The summed E-state index contributed by atoms with van der Waals surface area (Å²) in [5, 5.41) is 3.62. The van der Waals surface area contributed by atoms with E-state index in [1.165, 1.54) is 24.1 Å². The Morgan fingerprint density at radius 2 is 1.63 bits per heavy atom. The van der Waals surface area contributed by atoms with Crippen molar-refractivity contribution in [1.82, 2.24) is 10.2 Å². The molecule has 41 heavy (non-hydrogen) atoms. The summed E-state index contributed by atoms with van der Waals surface area (Å²) in [5.74, 6) is -0.364. The van der Waals surface area contributed by atoms with Crippen molar-refractivity contribution < 1.29 is 22.7 Å². The maximum Gasteiger partial charge on any atom is 0.264 e. The fourth-order valence-electron chi connectivity index (χ4n) is 4.23. The van der Waals surface area contributed by atoms with E-state index in [1.807, 2.05) is 13.8 Å². The van der Waals surface area contributed by atoms with Gasteiger partial charge in [0.25, 0.3) is 10.0 Å². The van der Waals surface area contributed by atoms with E-state index < -0.39 is 28.5 Å². The van der Waals surface area contributed by atoms with Gasteiger partial charge in [-0.1, -0.05) is 60.8 Å². The molecule has 1 atom stereocenters. The van der Waals surface area contributed by atoms with E-state index in [0.29, 0.717) is 34.3 Å². The maximum atomic E-state index is 14.1. The third-order valence-corrected chi connectivity index (χ3v) is 8.91. The van der Waals surface area contributed by atoms with Gasteiger partial charge in [0, 0.05) is 23.1 Å². The molecule has 3 aromatic carbocycles. The number of amides is 2. The van der Waals surface area contributed by atoms with Gasteiger partial charge in [-0.05, 0) is 73.9 Å². The highest BCUT2D eigenvalue weighted by Gasteiger charge is 2.34. The Labute approximate surface area is 252 Å². The van der Waals surface area contributed by atoms with Gasteiger partial charge < -0.3 is 15.0 Å². The molecule has 11 heteroatoms. The molecule has 0 saturated heterocycles. The summed E-state index contributed by atoms with van der Waals surface area (Å²) < 4.78 is 34.1. The van der Waals surface area contributed by atoms with Gasteiger partial charge in [-0.15, -0.1) is 0 Å². The molecule has 0 radical (unpaired) electrons. The molecule has 0 aromatic heterocycles. The third-order valence-electron chi connectivity index (χ3n) is 6.54. The fourth-order valence-corrected chi connectivity index (χ4v) is 6.12. The normalized spacial score (nSPS) is 12.0. The first-order valence-corrected chi connectivity index (χ1v) is 15.5. The summed E-state index contributed by atoms with van der Waals surface area (Å²) in [6, 6.07) is 16.8. The largest absolute Gasteiger partial charge is 0.497 e. The van der Waals surface area contributed by atoms with E-state index in [4.69, 9.17) is 27.9 Å². The number of aryl methyl sites for hydroxylation is 1. The van der Waals surface area contributed by atoms with Crippen LogP contribution in [-0.4, -0.2) is 51.4 Å². The Morgan fingerprint density at radius 1 is 0.976 bits per heavy atom. The number of benzene rings is 3. The van der Waals surface area contributed by atoms with Gasteiger partial charge in [-0.2, -0.15) is 0 Å². The summed E-state index contributed by atoms with van der Waals surface area (Å²) in [6.07, 6.45) is 1.03. The Morgan fingerprint density at radius 3 is 2.20 bits per heavy atom.